The van der Waals surface area contributed by atoms with Gasteiger partial charge in [0.25, 0.3) is 0 Å². The summed E-state index contributed by atoms with van der Waals surface area (Å²) in [6, 6.07) is 0. The van der Waals surface area contributed by atoms with Crippen LogP contribution in [0.5, 0.6) is 0 Å². The highest BCUT2D eigenvalue weighted by atomic mass is 16.5. The van der Waals surface area contributed by atoms with E-state index in [9.17, 15) is 9.90 Å². The Hall–Kier alpha value is -0.610. The highest BCUT2D eigenvalue weighted by Crippen LogP contribution is 2.38. The molecule has 0 aromatic rings. The van der Waals surface area contributed by atoms with Gasteiger partial charge in [0.1, 0.15) is 5.54 Å². The second-order valence-electron chi connectivity index (χ2n) is 6.81. The van der Waals surface area contributed by atoms with Crippen LogP contribution in [0.4, 0.5) is 0 Å². The smallest absolute Gasteiger partial charge is 0.324 e. The first-order valence-electron chi connectivity index (χ1n) is 8.75. The fourth-order valence-corrected chi connectivity index (χ4v) is 4.06. The van der Waals surface area contributed by atoms with Crippen molar-refractivity contribution >= 4 is 5.97 Å². The van der Waals surface area contributed by atoms with Crippen LogP contribution in [0.2, 0.25) is 0 Å². The molecule has 2 aliphatic carbocycles. The van der Waals surface area contributed by atoms with Gasteiger partial charge >= 0.3 is 5.97 Å². The van der Waals surface area contributed by atoms with Crippen molar-refractivity contribution in [3.05, 3.63) is 0 Å². The predicted molar refractivity (Wildman–Crippen MR) is 83.4 cm³/mol. The molecule has 0 radical (unpaired) electrons. The van der Waals surface area contributed by atoms with Crippen LogP contribution in [-0.2, 0) is 9.53 Å². The third-order valence-electron chi connectivity index (χ3n) is 5.33. The maximum Gasteiger partial charge on any atom is 0.324 e. The first-order valence-corrected chi connectivity index (χ1v) is 8.75. The molecule has 2 rings (SSSR count). The third kappa shape index (κ3) is 4.19. The number of rotatable bonds is 9. The molecule has 4 heteroatoms. The van der Waals surface area contributed by atoms with E-state index in [0.717, 1.165) is 51.2 Å². The molecule has 2 unspecified atom stereocenters. The first kappa shape index (κ1) is 16.8. The lowest BCUT2D eigenvalue weighted by atomic mass is 9.84. The van der Waals surface area contributed by atoms with Crippen molar-refractivity contribution in [1.82, 2.24) is 5.32 Å². The van der Waals surface area contributed by atoms with Gasteiger partial charge in [-0.15, -0.1) is 0 Å². The van der Waals surface area contributed by atoms with E-state index >= 15 is 0 Å². The van der Waals surface area contributed by atoms with Crippen molar-refractivity contribution in [3.8, 4) is 0 Å². The van der Waals surface area contributed by atoms with E-state index in [2.05, 4.69) is 12.2 Å². The Morgan fingerprint density at radius 2 is 2.05 bits per heavy atom. The molecule has 0 aliphatic heterocycles. The minimum atomic E-state index is -0.702. The predicted octanol–water partition coefficient (Wildman–Crippen LogP) is 3.21. The van der Waals surface area contributed by atoms with Crippen LogP contribution in [-0.4, -0.2) is 36.4 Å². The van der Waals surface area contributed by atoms with E-state index in [4.69, 9.17) is 4.74 Å². The topological polar surface area (TPSA) is 58.6 Å². The summed E-state index contributed by atoms with van der Waals surface area (Å²) in [7, 11) is 0. The van der Waals surface area contributed by atoms with Crippen LogP contribution >= 0.6 is 0 Å². The Kier molecular flexibility index (Phi) is 6.49. The van der Waals surface area contributed by atoms with Gasteiger partial charge in [-0.05, 0) is 56.9 Å². The zero-order chi connectivity index (χ0) is 15.1. The Bertz CT molecular complexity index is 328. The van der Waals surface area contributed by atoms with Crippen LogP contribution in [0.15, 0.2) is 0 Å². The van der Waals surface area contributed by atoms with Crippen molar-refractivity contribution in [2.75, 3.05) is 19.8 Å². The first-order chi connectivity index (χ1) is 10.2. The van der Waals surface area contributed by atoms with Gasteiger partial charge in [0.15, 0.2) is 0 Å². The summed E-state index contributed by atoms with van der Waals surface area (Å²) in [5.41, 5.74) is -0.702. The molecule has 0 bridgehead atoms. The maximum absolute atomic E-state index is 11.8. The summed E-state index contributed by atoms with van der Waals surface area (Å²) in [5.74, 6) is 0.287. The Labute approximate surface area is 128 Å². The standard InChI is InChI=1S/C17H31NO3/c1-2-11-18-17(16(19)20)10-5-8-15(17)9-12-21-13-14-6-3-4-7-14/h14-15,18H,2-13H2,1H3,(H,19,20). The number of hydrogen-bond donors (Lipinski definition) is 2. The molecular weight excluding hydrogens is 266 g/mol. The molecule has 0 aromatic carbocycles. The maximum atomic E-state index is 11.8. The molecule has 0 spiro atoms. The van der Waals surface area contributed by atoms with Crippen molar-refractivity contribution < 1.29 is 14.6 Å². The summed E-state index contributed by atoms with van der Waals surface area (Å²) in [6.45, 7) is 4.45. The van der Waals surface area contributed by atoms with Crippen LogP contribution < -0.4 is 5.32 Å². The van der Waals surface area contributed by atoms with E-state index in [-0.39, 0.29) is 5.92 Å². The molecule has 0 saturated heterocycles. The summed E-state index contributed by atoms with van der Waals surface area (Å²) < 4.78 is 5.84. The van der Waals surface area contributed by atoms with Gasteiger partial charge in [-0.3, -0.25) is 4.79 Å². The minimum Gasteiger partial charge on any atom is -0.480 e. The summed E-state index contributed by atoms with van der Waals surface area (Å²) in [5, 5.41) is 13.0. The second kappa shape index (κ2) is 8.14. The Morgan fingerprint density at radius 3 is 2.71 bits per heavy atom. The molecule has 0 amide bonds. The highest BCUT2D eigenvalue weighted by Gasteiger charge is 2.48. The average Bonchev–Trinajstić information content (AvgIpc) is 3.11. The molecule has 2 aliphatic rings. The van der Waals surface area contributed by atoms with Gasteiger partial charge in [0, 0.05) is 13.2 Å². The SMILES string of the molecule is CCCNC1(C(=O)O)CCCC1CCOCC1CCCC1. The van der Waals surface area contributed by atoms with Gasteiger partial charge in [0.05, 0.1) is 0 Å². The van der Waals surface area contributed by atoms with E-state index in [1.54, 1.807) is 0 Å². The van der Waals surface area contributed by atoms with Gasteiger partial charge in [0.2, 0.25) is 0 Å². The lowest BCUT2D eigenvalue weighted by Crippen LogP contribution is -2.55. The highest BCUT2D eigenvalue weighted by molar-refractivity contribution is 5.79. The number of carbonyl (C=O) groups is 1. The minimum absolute atomic E-state index is 0.213. The van der Waals surface area contributed by atoms with Crippen molar-refractivity contribution in [1.29, 1.82) is 0 Å². The molecule has 122 valence electrons. The fourth-order valence-electron chi connectivity index (χ4n) is 4.06. The summed E-state index contributed by atoms with van der Waals surface area (Å²) >= 11 is 0. The van der Waals surface area contributed by atoms with Gasteiger partial charge in [-0.25, -0.2) is 0 Å². The van der Waals surface area contributed by atoms with Gasteiger partial charge in [-0.1, -0.05) is 26.2 Å². The molecule has 2 N–H and O–H groups in total. The summed E-state index contributed by atoms with van der Waals surface area (Å²) in [4.78, 5) is 11.8. The van der Waals surface area contributed by atoms with E-state index in [1.165, 1.54) is 25.7 Å². The lowest BCUT2D eigenvalue weighted by Gasteiger charge is -2.32. The molecule has 0 heterocycles. The van der Waals surface area contributed by atoms with Crippen molar-refractivity contribution in [3.63, 3.8) is 0 Å². The van der Waals surface area contributed by atoms with Gasteiger partial charge in [-0.2, -0.15) is 0 Å². The molecular formula is C17H31NO3. The molecule has 2 atom stereocenters. The van der Waals surface area contributed by atoms with Crippen LogP contribution in [0, 0.1) is 11.8 Å². The average molecular weight is 297 g/mol. The largest absolute Gasteiger partial charge is 0.480 e. The number of ether oxygens (including phenoxy) is 1. The van der Waals surface area contributed by atoms with Crippen LogP contribution in [0.1, 0.15) is 64.7 Å². The molecule has 2 saturated carbocycles. The van der Waals surface area contributed by atoms with Gasteiger partial charge < -0.3 is 15.2 Å². The Morgan fingerprint density at radius 1 is 1.29 bits per heavy atom. The second-order valence-corrected chi connectivity index (χ2v) is 6.81. The quantitative estimate of drug-likeness (QED) is 0.642. The zero-order valence-corrected chi connectivity index (χ0v) is 13.4. The zero-order valence-electron chi connectivity index (χ0n) is 13.4. The lowest BCUT2D eigenvalue weighted by molar-refractivity contribution is -0.147. The van der Waals surface area contributed by atoms with E-state index < -0.39 is 11.5 Å². The number of aliphatic carboxylic acids is 1. The van der Waals surface area contributed by atoms with E-state index in [0.29, 0.717) is 6.61 Å². The molecule has 21 heavy (non-hydrogen) atoms. The van der Waals surface area contributed by atoms with Crippen molar-refractivity contribution in [2.24, 2.45) is 11.8 Å². The fraction of sp³-hybridized carbons (Fsp3) is 0.941. The number of nitrogens with one attached hydrogen (secondary N) is 1. The number of carboxylic acids is 1. The normalized spacial score (nSPS) is 30.0. The van der Waals surface area contributed by atoms with E-state index in [1.807, 2.05) is 0 Å². The molecule has 2 fully saturated rings. The monoisotopic (exact) mass is 297 g/mol. The summed E-state index contributed by atoms with van der Waals surface area (Å²) in [6.07, 6.45) is 9.93. The van der Waals surface area contributed by atoms with Crippen LogP contribution in [0.25, 0.3) is 0 Å². The molecule has 0 aromatic heterocycles. The van der Waals surface area contributed by atoms with Crippen molar-refractivity contribution in [2.45, 2.75) is 70.3 Å². The molecule has 4 nitrogen and oxygen atoms in total. The van der Waals surface area contributed by atoms with Crippen LogP contribution in [0.3, 0.4) is 0 Å². The number of carboxylic acid groups (broad SMARTS) is 1. The number of hydrogen-bond acceptors (Lipinski definition) is 3. The Balaban J connectivity index is 1.77. The third-order valence-corrected chi connectivity index (χ3v) is 5.33.